The number of aromatic nitrogens is 2. The lowest BCUT2D eigenvalue weighted by atomic mass is 9.89. The molecule has 1 N–H and O–H groups in total. The first-order chi connectivity index (χ1) is 7.92. The Kier molecular flexibility index (Phi) is 2.87. The topological polar surface area (TPSA) is 37.8 Å². The van der Waals surface area contributed by atoms with Crippen LogP contribution in [-0.2, 0) is 6.54 Å². The van der Waals surface area contributed by atoms with E-state index >= 15 is 0 Å². The van der Waals surface area contributed by atoms with E-state index < -0.39 is 0 Å². The van der Waals surface area contributed by atoms with Gasteiger partial charge in [-0.25, -0.2) is 9.97 Å². The molecule has 1 aromatic heterocycles. The molecule has 0 aliphatic heterocycles. The Balaban J connectivity index is 1.44. The summed E-state index contributed by atoms with van der Waals surface area (Å²) in [5, 5.41) is 3.54. The summed E-state index contributed by atoms with van der Waals surface area (Å²) >= 11 is 0. The molecular weight excluding hydrogens is 198 g/mol. The van der Waals surface area contributed by atoms with Crippen LogP contribution in [0.4, 0.5) is 0 Å². The van der Waals surface area contributed by atoms with Gasteiger partial charge in [-0.3, -0.25) is 0 Å². The molecule has 0 amide bonds. The van der Waals surface area contributed by atoms with E-state index in [1.165, 1.54) is 32.2 Å². The Morgan fingerprint density at radius 1 is 1.31 bits per heavy atom. The second-order valence-electron chi connectivity index (χ2n) is 5.27. The van der Waals surface area contributed by atoms with E-state index in [9.17, 15) is 0 Å². The van der Waals surface area contributed by atoms with Crippen molar-refractivity contribution in [1.82, 2.24) is 15.3 Å². The standard InChI is InChI=1S/C13H19N3/c1-2-11-5-10(1)6-12(11)7-15-8-13-3-4-14-9-16-13/h3-4,9-12,15H,1-2,5-8H2. The van der Waals surface area contributed by atoms with E-state index in [4.69, 9.17) is 0 Å². The Hall–Kier alpha value is -0.960. The van der Waals surface area contributed by atoms with Crippen LogP contribution in [0.25, 0.3) is 0 Å². The first-order valence-electron chi connectivity index (χ1n) is 6.37. The average Bonchev–Trinajstić information content (AvgIpc) is 2.92. The van der Waals surface area contributed by atoms with Crippen molar-refractivity contribution in [3.8, 4) is 0 Å². The summed E-state index contributed by atoms with van der Waals surface area (Å²) in [7, 11) is 0. The van der Waals surface area contributed by atoms with E-state index in [0.717, 1.165) is 30.0 Å². The number of nitrogens with one attached hydrogen (secondary N) is 1. The summed E-state index contributed by atoms with van der Waals surface area (Å²) in [6, 6.07) is 1.98. The van der Waals surface area contributed by atoms with E-state index in [0.29, 0.717) is 0 Å². The molecule has 3 unspecified atom stereocenters. The van der Waals surface area contributed by atoms with Gasteiger partial charge in [0, 0.05) is 12.7 Å². The molecule has 0 radical (unpaired) electrons. The van der Waals surface area contributed by atoms with Crippen LogP contribution in [0, 0.1) is 17.8 Å². The monoisotopic (exact) mass is 217 g/mol. The number of hydrogen-bond donors (Lipinski definition) is 1. The third-order valence-corrected chi connectivity index (χ3v) is 4.24. The van der Waals surface area contributed by atoms with Gasteiger partial charge in [0.25, 0.3) is 0 Å². The predicted molar refractivity (Wildman–Crippen MR) is 62.7 cm³/mol. The van der Waals surface area contributed by atoms with Gasteiger partial charge in [-0.05, 0) is 49.6 Å². The fraction of sp³-hybridized carbons (Fsp3) is 0.692. The molecule has 3 rings (SSSR count). The first-order valence-corrected chi connectivity index (χ1v) is 6.37. The molecule has 2 saturated carbocycles. The molecule has 3 nitrogen and oxygen atoms in total. The molecule has 1 heterocycles. The Labute approximate surface area is 96.7 Å². The van der Waals surface area contributed by atoms with Crippen LogP contribution >= 0.6 is 0 Å². The zero-order chi connectivity index (χ0) is 10.8. The smallest absolute Gasteiger partial charge is 0.115 e. The maximum Gasteiger partial charge on any atom is 0.115 e. The molecule has 0 aromatic carbocycles. The highest BCUT2D eigenvalue weighted by Gasteiger charge is 2.38. The summed E-state index contributed by atoms with van der Waals surface area (Å²) < 4.78 is 0. The third-order valence-electron chi connectivity index (χ3n) is 4.24. The van der Waals surface area contributed by atoms with Crippen molar-refractivity contribution < 1.29 is 0 Å². The summed E-state index contributed by atoms with van der Waals surface area (Å²) in [6.07, 6.45) is 9.36. The minimum atomic E-state index is 0.885. The summed E-state index contributed by atoms with van der Waals surface area (Å²) in [5.74, 6) is 3.00. The van der Waals surface area contributed by atoms with Crippen molar-refractivity contribution in [2.45, 2.75) is 32.2 Å². The molecule has 3 atom stereocenters. The largest absolute Gasteiger partial charge is 0.311 e. The fourth-order valence-corrected chi connectivity index (χ4v) is 3.43. The molecule has 2 bridgehead atoms. The van der Waals surface area contributed by atoms with E-state index in [1.807, 2.05) is 12.3 Å². The van der Waals surface area contributed by atoms with Crippen LogP contribution in [-0.4, -0.2) is 16.5 Å². The van der Waals surface area contributed by atoms with E-state index in [1.54, 1.807) is 6.33 Å². The Morgan fingerprint density at radius 2 is 2.31 bits per heavy atom. The predicted octanol–water partition coefficient (Wildman–Crippen LogP) is 2.00. The highest BCUT2D eigenvalue weighted by atomic mass is 14.9. The molecule has 2 aliphatic rings. The van der Waals surface area contributed by atoms with Crippen molar-refractivity contribution in [2.24, 2.45) is 17.8 Å². The lowest BCUT2D eigenvalue weighted by Crippen LogP contribution is -2.26. The van der Waals surface area contributed by atoms with Crippen molar-refractivity contribution in [2.75, 3.05) is 6.54 Å². The maximum absolute atomic E-state index is 4.22. The molecule has 2 fully saturated rings. The summed E-state index contributed by atoms with van der Waals surface area (Å²) in [5.41, 5.74) is 1.10. The quantitative estimate of drug-likeness (QED) is 0.838. The number of hydrogen-bond acceptors (Lipinski definition) is 3. The fourth-order valence-electron chi connectivity index (χ4n) is 3.43. The molecule has 16 heavy (non-hydrogen) atoms. The van der Waals surface area contributed by atoms with Crippen LogP contribution in [0.1, 0.15) is 31.4 Å². The summed E-state index contributed by atoms with van der Waals surface area (Å²) in [6.45, 7) is 2.06. The highest BCUT2D eigenvalue weighted by molar-refractivity contribution is 4.97. The minimum Gasteiger partial charge on any atom is -0.311 e. The zero-order valence-corrected chi connectivity index (χ0v) is 9.60. The van der Waals surface area contributed by atoms with Crippen molar-refractivity contribution in [3.05, 3.63) is 24.3 Å². The second kappa shape index (κ2) is 4.50. The van der Waals surface area contributed by atoms with Crippen LogP contribution in [0.2, 0.25) is 0 Å². The molecule has 86 valence electrons. The molecular formula is C13H19N3. The van der Waals surface area contributed by atoms with E-state index in [2.05, 4.69) is 15.3 Å². The maximum atomic E-state index is 4.22. The molecule has 3 heteroatoms. The van der Waals surface area contributed by atoms with Crippen LogP contribution in [0.3, 0.4) is 0 Å². The normalized spacial score (nSPS) is 32.1. The molecule has 0 spiro atoms. The Bertz CT molecular complexity index is 338. The van der Waals surface area contributed by atoms with Crippen molar-refractivity contribution in [3.63, 3.8) is 0 Å². The summed E-state index contributed by atoms with van der Waals surface area (Å²) in [4.78, 5) is 8.14. The molecule has 2 aliphatic carbocycles. The van der Waals surface area contributed by atoms with Gasteiger partial charge >= 0.3 is 0 Å². The van der Waals surface area contributed by atoms with Crippen molar-refractivity contribution >= 4 is 0 Å². The number of rotatable bonds is 4. The lowest BCUT2D eigenvalue weighted by Gasteiger charge is -2.21. The molecule has 1 aromatic rings. The van der Waals surface area contributed by atoms with Gasteiger partial charge < -0.3 is 5.32 Å². The average molecular weight is 217 g/mol. The van der Waals surface area contributed by atoms with Gasteiger partial charge in [0.1, 0.15) is 6.33 Å². The zero-order valence-electron chi connectivity index (χ0n) is 9.60. The van der Waals surface area contributed by atoms with Gasteiger partial charge in [0.15, 0.2) is 0 Å². The van der Waals surface area contributed by atoms with Crippen LogP contribution < -0.4 is 5.32 Å². The molecule has 0 saturated heterocycles. The van der Waals surface area contributed by atoms with Gasteiger partial charge in [0.2, 0.25) is 0 Å². The van der Waals surface area contributed by atoms with Gasteiger partial charge in [-0.2, -0.15) is 0 Å². The van der Waals surface area contributed by atoms with Crippen molar-refractivity contribution in [1.29, 1.82) is 0 Å². The van der Waals surface area contributed by atoms with Crippen LogP contribution in [0.5, 0.6) is 0 Å². The van der Waals surface area contributed by atoms with Gasteiger partial charge in [0.05, 0.1) is 5.69 Å². The van der Waals surface area contributed by atoms with Crippen LogP contribution in [0.15, 0.2) is 18.6 Å². The number of nitrogens with zero attached hydrogens (tertiary/aromatic N) is 2. The lowest BCUT2D eigenvalue weighted by molar-refractivity contribution is 0.318. The number of fused-ring (bicyclic) bond motifs is 2. The van der Waals surface area contributed by atoms with E-state index in [-0.39, 0.29) is 0 Å². The highest BCUT2D eigenvalue weighted by Crippen LogP contribution is 2.47. The minimum absolute atomic E-state index is 0.885. The van der Waals surface area contributed by atoms with Gasteiger partial charge in [-0.1, -0.05) is 6.42 Å². The van der Waals surface area contributed by atoms with Gasteiger partial charge in [-0.15, -0.1) is 0 Å². The second-order valence-corrected chi connectivity index (χ2v) is 5.27. The third kappa shape index (κ3) is 2.09. The SMILES string of the molecule is c1cc(CNCC2CC3CCC2C3)ncn1. The first kappa shape index (κ1) is 10.2. The Morgan fingerprint density at radius 3 is 3.00 bits per heavy atom.